The Hall–Kier alpha value is -2.90. The maximum atomic E-state index is 13.3. The van der Waals surface area contributed by atoms with Gasteiger partial charge in [0.25, 0.3) is 0 Å². The summed E-state index contributed by atoms with van der Waals surface area (Å²) < 4.78 is 25.0. The van der Waals surface area contributed by atoms with Gasteiger partial charge in [0.05, 0.1) is 11.4 Å². The van der Waals surface area contributed by atoms with Crippen molar-refractivity contribution >= 4 is 21.5 Å². The summed E-state index contributed by atoms with van der Waals surface area (Å²) in [5, 5.41) is 5.20. The molecule has 7 heteroatoms. The number of sulfonamides is 1. The molecule has 0 radical (unpaired) electrons. The Kier molecular flexibility index (Phi) is 5.49. The van der Waals surface area contributed by atoms with Crippen LogP contribution in [0.2, 0.25) is 0 Å². The molecule has 1 aromatic heterocycles. The molecule has 4 rings (SSSR count). The number of hydrogen-bond donors (Lipinski definition) is 1. The molecular weight excluding hydrogens is 410 g/mol. The Balaban J connectivity index is 1.64. The highest BCUT2D eigenvalue weighted by molar-refractivity contribution is 7.89. The standard InChI is InChI=1S/C24H27N3O3S/c1-16-8-9-19-6-4-5-7-23(19)26(16)15-24(28)22-14-17(2)27(18(22)3)20-10-12-21(13-11-20)31(25,29)30/h4-7,10-14,16H,8-9,15H2,1-3H3,(H2,25,29,30)/t16-/m1/s1. The van der Waals surface area contributed by atoms with E-state index >= 15 is 0 Å². The van der Waals surface area contributed by atoms with Crippen LogP contribution in [0.4, 0.5) is 5.69 Å². The van der Waals surface area contributed by atoms with Gasteiger partial charge in [0, 0.05) is 34.4 Å². The average Bonchev–Trinajstić information content (AvgIpc) is 3.03. The first-order chi connectivity index (χ1) is 14.7. The molecule has 162 valence electrons. The second kappa shape index (κ2) is 7.98. The summed E-state index contributed by atoms with van der Waals surface area (Å²) in [7, 11) is -3.75. The van der Waals surface area contributed by atoms with Crippen LogP contribution < -0.4 is 10.0 Å². The van der Waals surface area contributed by atoms with Gasteiger partial charge in [0.15, 0.2) is 5.78 Å². The number of anilines is 1. The van der Waals surface area contributed by atoms with Crippen molar-refractivity contribution in [2.45, 2.75) is 44.6 Å². The zero-order valence-corrected chi connectivity index (χ0v) is 18.8. The number of aryl methyl sites for hydroxylation is 2. The number of para-hydroxylation sites is 1. The number of primary sulfonamides is 1. The van der Waals surface area contributed by atoms with Crippen LogP contribution in [-0.4, -0.2) is 31.4 Å². The lowest BCUT2D eigenvalue weighted by Gasteiger charge is -2.36. The number of hydrogen-bond acceptors (Lipinski definition) is 4. The molecule has 1 aliphatic rings. The van der Waals surface area contributed by atoms with Crippen molar-refractivity contribution in [3.05, 3.63) is 77.1 Å². The van der Waals surface area contributed by atoms with Gasteiger partial charge in [-0.2, -0.15) is 0 Å². The van der Waals surface area contributed by atoms with Crippen molar-refractivity contribution in [2.75, 3.05) is 11.4 Å². The monoisotopic (exact) mass is 437 g/mol. The highest BCUT2D eigenvalue weighted by atomic mass is 32.2. The number of ketones is 1. The van der Waals surface area contributed by atoms with Crippen LogP contribution >= 0.6 is 0 Å². The van der Waals surface area contributed by atoms with E-state index in [1.807, 2.05) is 36.6 Å². The maximum Gasteiger partial charge on any atom is 0.238 e. The third kappa shape index (κ3) is 4.03. The lowest BCUT2D eigenvalue weighted by Crippen LogP contribution is -2.41. The summed E-state index contributed by atoms with van der Waals surface area (Å²) in [6, 6.07) is 16.9. The predicted octanol–water partition coefficient (Wildman–Crippen LogP) is 3.77. The number of aromatic nitrogens is 1. The van der Waals surface area contributed by atoms with E-state index in [1.54, 1.807) is 12.1 Å². The minimum Gasteiger partial charge on any atom is -0.361 e. The van der Waals surface area contributed by atoms with E-state index in [4.69, 9.17) is 5.14 Å². The quantitative estimate of drug-likeness (QED) is 0.616. The van der Waals surface area contributed by atoms with Gasteiger partial charge in [-0.15, -0.1) is 0 Å². The summed E-state index contributed by atoms with van der Waals surface area (Å²) in [6.07, 6.45) is 2.06. The van der Waals surface area contributed by atoms with E-state index in [9.17, 15) is 13.2 Å². The molecule has 6 nitrogen and oxygen atoms in total. The van der Waals surface area contributed by atoms with E-state index in [1.165, 1.54) is 17.7 Å². The van der Waals surface area contributed by atoms with Gasteiger partial charge in [-0.3, -0.25) is 4.79 Å². The van der Waals surface area contributed by atoms with Crippen molar-refractivity contribution in [3.8, 4) is 5.69 Å². The third-order valence-corrected chi connectivity index (χ3v) is 7.06. The first-order valence-electron chi connectivity index (χ1n) is 10.4. The Morgan fingerprint density at radius 2 is 1.77 bits per heavy atom. The number of rotatable bonds is 5. The number of carbonyl (C=O) groups excluding carboxylic acids is 1. The summed E-state index contributed by atoms with van der Waals surface area (Å²) in [4.78, 5) is 15.6. The van der Waals surface area contributed by atoms with Crippen LogP contribution in [0.5, 0.6) is 0 Å². The van der Waals surface area contributed by atoms with Gasteiger partial charge >= 0.3 is 0 Å². The van der Waals surface area contributed by atoms with Gasteiger partial charge in [-0.1, -0.05) is 18.2 Å². The topological polar surface area (TPSA) is 85.4 Å². The third-order valence-electron chi connectivity index (χ3n) is 6.13. The average molecular weight is 438 g/mol. The fraction of sp³-hybridized carbons (Fsp3) is 0.292. The maximum absolute atomic E-state index is 13.3. The molecule has 0 saturated carbocycles. The second-order valence-electron chi connectivity index (χ2n) is 8.23. The SMILES string of the molecule is Cc1cc(C(=O)CN2c3ccccc3CC[C@H]2C)c(C)n1-c1ccc(S(N)(=O)=O)cc1. The number of nitrogens with zero attached hydrogens (tertiary/aromatic N) is 2. The minimum absolute atomic E-state index is 0.0627. The Morgan fingerprint density at radius 1 is 1.10 bits per heavy atom. The normalized spacial score (nSPS) is 16.3. The number of carbonyl (C=O) groups is 1. The summed E-state index contributed by atoms with van der Waals surface area (Å²) >= 11 is 0. The number of benzene rings is 2. The zero-order valence-electron chi connectivity index (χ0n) is 18.0. The first-order valence-corrected chi connectivity index (χ1v) is 11.9. The predicted molar refractivity (Wildman–Crippen MR) is 123 cm³/mol. The molecule has 2 aromatic carbocycles. The van der Waals surface area contributed by atoms with Crippen molar-refractivity contribution in [1.82, 2.24) is 4.57 Å². The molecule has 0 aliphatic carbocycles. The molecule has 0 amide bonds. The van der Waals surface area contributed by atoms with Gasteiger partial charge < -0.3 is 9.47 Å². The molecule has 31 heavy (non-hydrogen) atoms. The van der Waals surface area contributed by atoms with E-state index < -0.39 is 10.0 Å². The van der Waals surface area contributed by atoms with Crippen molar-refractivity contribution in [1.29, 1.82) is 0 Å². The molecule has 0 saturated heterocycles. The minimum atomic E-state index is -3.75. The molecular formula is C24H27N3O3S. The smallest absolute Gasteiger partial charge is 0.238 e. The van der Waals surface area contributed by atoms with Crippen LogP contribution in [0.25, 0.3) is 5.69 Å². The fourth-order valence-corrected chi connectivity index (χ4v) is 4.98. The van der Waals surface area contributed by atoms with Crippen LogP contribution in [0.1, 0.15) is 40.7 Å². The van der Waals surface area contributed by atoms with Crippen LogP contribution in [0, 0.1) is 13.8 Å². The fourth-order valence-electron chi connectivity index (χ4n) is 4.47. The highest BCUT2D eigenvalue weighted by Crippen LogP contribution is 2.31. The second-order valence-corrected chi connectivity index (χ2v) is 9.79. The van der Waals surface area contributed by atoms with Crippen molar-refractivity contribution in [3.63, 3.8) is 0 Å². The van der Waals surface area contributed by atoms with E-state index in [2.05, 4.69) is 24.0 Å². The largest absolute Gasteiger partial charge is 0.361 e. The van der Waals surface area contributed by atoms with Crippen molar-refractivity contribution < 1.29 is 13.2 Å². The molecule has 2 heterocycles. The zero-order chi connectivity index (χ0) is 22.3. The first kappa shape index (κ1) is 21.3. The molecule has 1 atom stereocenters. The van der Waals surface area contributed by atoms with E-state index in [0.717, 1.165) is 35.6 Å². The van der Waals surface area contributed by atoms with Crippen LogP contribution in [0.15, 0.2) is 59.5 Å². The molecule has 0 spiro atoms. The molecule has 1 aliphatic heterocycles. The molecule has 0 bridgehead atoms. The number of Topliss-reactive ketones (excluding diaryl/α,β-unsaturated/α-hetero) is 1. The number of nitrogens with two attached hydrogens (primary N) is 1. The Morgan fingerprint density at radius 3 is 2.45 bits per heavy atom. The summed E-state index contributed by atoms with van der Waals surface area (Å²) in [6.45, 7) is 6.35. The van der Waals surface area contributed by atoms with Crippen LogP contribution in [0.3, 0.4) is 0 Å². The summed E-state index contributed by atoms with van der Waals surface area (Å²) in [5.74, 6) is 0.0732. The molecule has 2 N–H and O–H groups in total. The van der Waals surface area contributed by atoms with Crippen LogP contribution in [-0.2, 0) is 16.4 Å². The van der Waals surface area contributed by atoms with E-state index in [0.29, 0.717) is 18.2 Å². The molecule has 0 fully saturated rings. The summed E-state index contributed by atoms with van der Waals surface area (Å²) in [5.41, 5.74) is 5.65. The van der Waals surface area contributed by atoms with E-state index in [-0.39, 0.29) is 10.7 Å². The van der Waals surface area contributed by atoms with Gasteiger partial charge in [-0.05, 0) is 75.6 Å². The highest BCUT2D eigenvalue weighted by Gasteiger charge is 2.26. The Labute approximate surface area is 183 Å². The lowest BCUT2D eigenvalue weighted by atomic mass is 9.96. The molecule has 0 unspecified atom stereocenters. The van der Waals surface area contributed by atoms with Gasteiger partial charge in [0.2, 0.25) is 10.0 Å². The Bertz CT molecular complexity index is 1240. The lowest BCUT2D eigenvalue weighted by molar-refractivity contribution is 0.0995. The van der Waals surface area contributed by atoms with Crippen molar-refractivity contribution in [2.24, 2.45) is 5.14 Å². The van der Waals surface area contributed by atoms with Gasteiger partial charge in [-0.25, -0.2) is 13.6 Å². The number of fused-ring (bicyclic) bond motifs is 1. The molecule has 3 aromatic rings. The van der Waals surface area contributed by atoms with Gasteiger partial charge in [0.1, 0.15) is 0 Å².